The molecule has 0 aliphatic rings. The molecule has 1 aromatic heterocycles. The van der Waals surface area contributed by atoms with Gasteiger partial charge in [-0.3, -0.25) is 0 Å². The fourth-order valence-electron chi connectivity index (χ4n) is 0.757. The van der Waals surface area contributed by atoms with Crippen LogP contribution in [0, 0.1) is 0 Å². The first kappa shape index (κ1) is 9.60. The van der Waals surface area contributed by atoms with Crippen molar-refractivity contribution in [3.05, 3.63) is 24.2 Å². The molecule has 0 aliphatic heterocycles. The minimum atomic E-state index is -0.484. The molecule has 5 heteroatoms. The van der Waals surface area contributed by atoms with Gasteiger partial charge in [-0.25, -0.2) is 4.79 Å². The predicted molar refractivity (Wildman–Crippen MR) is 46.0 cm³/mol. The van der Waals surface area contributed by atoms with Crippen LogP contribution in [0.15, 0.2) is 22.8 Å². The minimum Gasteiger partial charge on any atom is -0.466 e. The second-order valence-electron chi connectivity index (χ2n) is 2.37. The van der Waals surface area contributed by atoms with Crippen molar-refractivity contribution in [1.29, 1.82) is 0 Å². The lowest BCUT2D eigenvalue weighted by Crippen LogP contribution is -2.29. The van der Waals surface area contributed by atoms with Crippen molar-refractivity contribution in [3.63, 3.8) is 0 Å². The fourth-order valence-corrected chi connectivity index (χ4v) is 0.757. The minimum absolute atomic E-state index is 0.142. The molecule has 0 saturated heterocycles. The predicted octanol–water partition coefficient (Wildman–Crippen LogP) is 0.464. The summed E-state index contributed by atoms with van der Waals surface area (Å²) in [6.45, 7) is 0.955. The van der Waals surface area contributed by atoms with E-state index in [1.54, 1.807) is 12.1 Å². The summed E-state index contributed by atoms with van der Waals surface area (Å²) in [5.41, 5.74) is 5.18. The molecule has 0 spiro atoms. The van der Waals surface area contributed by atoms with E-state index in [-0.39, 0.29) is 6.61 Å². The monoisotopic (exact) mass is 184 g/mol. The van der Waals surface area contributed by atoms with Gasteiger partial charge < -0.3 is 20.2 Å². The average molecular weight is 184 g/mol. The standard InChI is InChI=1S/C8H12N2O3/c9-3-4-10-8(11)13-6-7-2-1-5-12-7/h1-2,5H,3-4,6,9H2,(H,10,11). The fraction of sp³-hybridized carbons (Fsp3) is 0.375. The number of nitrogens with two attached hydrogens (primary N) is 1. The zero-order valence-corrected chi connectivity index (χ0v) is 7.16. The number of alkyl carbamates (subject to hydrolysis) is 1. The summed E-state index contributed by atoms with van der Waals surface area (Å²) in [6.07, 6.45) is 1.04. The molecule has 3 N–H and O–H groups in total. The Balaban J connectivity index is 2.15. The lowest BCUT2D eigenvalue weighted by Gasteiger charge is -2.03. The molecule has 0 saturated carbocycles. The summed E-state index contributed by atoms with van der Waals surface area (Å²) in [4.78, 5) is 10.9. The Morgan fingerprint density at radius 2 is 2.54 bits per heavy atom. The summed E-state index contributed by atoms with van der Waals surface area (Å²) in [6, 6.07) is 3.46. The molecule has 0 atom stereocenters. The SMILES string of the molecule is NCCNC(=O)OCc1ccco1. The quantitative estimate of drug-likeness (QED) is 0.712. The molecule has 0 aromatic carbocycles. The van der Waals surface area contributed by atoms with Crippen LogP contribution in [0.2, 0.25) is 0 Å². The molecule has 1 heterocycles. The smallest absolute Gasteiger partial charge is 0.407 e. The summed E-state index contributed by atoms with van der Waals surface area (Å²) in [5.74, 6) is 0.614. The lowest BCUT2D eigenvalue weighted by molar-refractivity contribution is 0.131. The van der Waals surface area contributed by atoms with Crippen molar-refractivity contribution in [2.45, 2.75) is 6.61 Å². The van der Waals surface area contributed by atoms with Crippen molar-refractivity contribution < 1.29 is 13.9 Å². The van der Waals surface area contributed by atoms with Gasteiger partial charge >= 0.3 is 6.09 Å². The molecule has 0 fully saturated rings. The molecular weight excluding hydrogens is 172 g/mol. The van der Waals surface area contributed by atoms with Crippen molar-refractivity contribution in [1.82, 2.24) is 5.32 Å². The molecule has 5 nitrogen and oxygen atoms in total. The highest BCUT2D eigenvalue weighted by Gasteiger charge is 2.01. The summed E-state index contributed by atoms with van der Waals surface area (Å²) >= 11 is 0. The van der Waals surface area contributed by atoms with Gasteiger partial charge in [-0.15, -0.1) is 0 Å². The molecule has 0 unspecified atom stereocenters. The van der Waals surface area contributed by atoms with Gasteiger partial charge in [-0.2, -0.15) is 0 Å². The van der Waals surface area contributed by atoms with E-state index in [9.17, 15) is 4.79 Å². The molecular formula is C8H12N2O3. The highest BCUT2D eigenvalue weighted by molar-refractivity contribution is 5.66. The number of hydrogen-bond donors (Lipinski definition) is 2. The summed E-state index contributed by atoms with van der Waals surface area (Å²) in [5, 5.41) is 2.47. The Labute approximate surface area is 75.9 Å². The van der Waals surface area contributed by atoms with Crippen molar-refractivity contribution >= 4 is 6.09 Å². The van der Waals surface area contributed by atoms with E-state index in [1.807, 2.05) is 0 Å². The lowest BCUT2D eigenvalue weighted by atomic mass is 10.5. The van der Waals surface area contributed by atoms with Crippen LogP contribution in [-0.4, -0.2) is 19.2 Å². The number of carbonyl (C=O) groups excluding carboxylic acids is 1. The maximum absolute atomic E-state index is 10.9. The number of nitrogens with one attached hydrogen (secondary N) is 1. The van der Waals surface area contributed by atoms with Crippen LogP contribution < -0.4 is 11.1 Å². The van der Waals surface area contributed by atoms with E-state index in [1.165, 1.54) is 6.26 Å². The zero-order chi connectivity index (χ0) is 9.52. The van der Waals surface area contributed by atoms with Gasteiger partial charge in [0.15, 0.2) is 6.61 Å². The number of hydrogen-bond acceptors (Lipinski definition) is 4. The van der Waals surface area contributed by atoms with Crippen molar-refractivity contribution in [3.8, 4) is 0 Å². The van der Waals surface area contributed by atoms with Gasteiger partial charge in [0.2, 0.25) is 0 Å². The number of amides is 1. The highest BCUT2D eigenvalue weighted by atomic mass is 16.6. The van der Waals surface area contributed by atoms with Crippen molar-refractivity contribution in [2.24, 2.45) is 5.73 Å². The van der Waals surface area contributed by atoms with Gasteiger partial charge in [-0.05, 0) is 12.1 Å². The first-order valence-corrected chi connectivity index (χ1v) is 3.96. The van der Waals surface area contributed by atoms with Crippen LogP contribution in [0.5, 0.6) is 0 Å². The highest BCUT2D eigenvalue weighted by Crippen LogP contribution is 2.01. The van der Waals surface area contributed by atoms with Crippen LogP contribution in [0.25, 0.3) is 0 Å². The van der Waals surface area contributed by atoms with E-state index < -0.39 is 6.09 Å². The normalized spacial score (nSPS) is 9.62. The third kappa shape index (κ3) is 3.62. The second kappa shape index (κ2) is 5.21. The van der Waals surface area contributed by atoms with Gasteiger partial charge in [-0.1, -0.05) is 0 Å². The molecule has 72 valence electrons. The Bertz CT molecular complexity index is 246. The van der Waals surface area contributed by atoms with Gasteiger partial charge in [0.1, 0.15) is 5.76 Å². The van der Waals surface area contributed by atoms with E-state index in [2.05, 4.69) is 5.32 Å². The Morgan fingerprint density at radius 1 is 1.69 bits per heavy atom. The van der Waals surface area contributed by atoms with Crippen LogP contribution in [0.4, 0.5) is 4.79 Å². The zero-order valence-electron chi connectivity index (χ0n) is 7.16. The van der Waals surface area contributed by atoms with Crippen molar-refractivity contribution in [2.75, 3.05) is 13.1 Å². The number of carbonyl (C=O) groups is 1. The topological polar surface area (TPSA) is 77.5 Å². The molecule has 0 bridgehead atoms. The summed E-state index contributed by atoms with van der Waals surface area (Å²) < 4.78 is 9.75. The van der Waals surface area contributed by atoms with Crippen LogP contribution in [-0.2, 0) is 11.3 Å². The maximum atomic E-state index is 10.9. The van der Waals surface area contributed by atoms with Gasteiger partial charge in [0.25, 0.3) is 0 Å². The second-order valence-corrected chi connectivity index (χ2v) is 2.37. The van der Waals surface area contributed by atoms with E-state index in [0.717, 1.165) is 0 Å². The Kier molecular flexibility index (Phi) is 3.84. The Morgan fingerprint density at radius 3 is 3.15 bits per heavy atom. The first-order chi connectivity index (χ1) is 6.33. The Hall–Kier alpha value is -1.49. The third-order valence-electron chi connectivity index (χ3n) is 1.34. The summed E-state index contributed by atoms with van der Waals surface area (Å²) in [7, 11) is 0. The van der Waals surface area contributed by atoms with Crippen LogP contribution in [0.1, 0.15) is 5.76 Å². The molecule has 0 radical (unpaired) electrons. The van der Waals surface area contributed by atoms with Crippen LogP contribution >= 0.6 is 0 Å². The molecule has 1 amide bonds. The molecule has 0 aliphatic carbocycles. The first-order valence-electron chi connectivity index (χ1n) is 3.96. The average Bonchev–Trinajstić information content (AvgIpc) is 2.64. The van der Waals surface area contributed by atoms with E-state index >= 15 is 0 Å². The van der Waals surface area contributed by atoms with E-state index in [0.29, 0.717) is 18.8 Å². The number of ether oxygens (including phenoxy) is 1. The third-order valence-corrected chi connectivity index (χ3v) is 1.34. The van der Waals surface area contributed by atoms with Gasteiger partial charge in [0, 0.05) is 13.1 Å². The number of furan rings is 1. The maximum Gasteiger partial charge on any atom is 0.407 e. The number of rotatable bonds is 4. The van der Waals surface area contributed by atoms with Crippen LogP contribution in [0.3, 0.4) is 0 Å². The van der Waals surface area contributed by atoms with Gasteiger partial charge in [0.05, 0.1) is 6.26 Å². The largest absolute Gasteiger partial charge is 0.466 e. The molecule has 1 aromatic rings. The molecule has 1 rings (SSSR count). The van der Waals surface area contributed by atoms with E-state index in [4.69, 9.17) is 14.9 Å². The molecule has 13 heavy (non-hydrogen) atoms.